The topological polar surface area (TPSA) is 93.4 Å². The number of rotatable bonds is 10. The van der Waals surface area contributed by atoms with Gasteiger partial charge in [-0.15, -0.1) is 0 Å². The maximum absolute atomic E-state index is 12.3. The molecule has 2 rings (SSSR count). The molecule has 0 radical (unpaired) electrons. The fourth-order valence-electron chi connectivity index (χ4n) is 3.67. The zero-order chi connectivity index (χ0) is 19.5. The van der Waals surface area contributed by atoms with Gasteiger partial charge in [0, 0.05) is 25.6 Å². The molecule has 27 heavy (non-hydrogen) atoms. The normalized spacial score (nSPS) is 15.8. The molecule has 1 aromatic rings. The Labute approximate surface area is 162 Å². The number of hydrogen-bond donors (Lipinski definition) is 3. The van der Waals surface area contributed by atoms with Gasteiger partial charge in [0.2, 0.25) is 5.91 Å². The lowest BCUT2D eigenvalue weighted by Gasteiger charge is -2.30. The minimum atomic E-state index is -0.179. The van der Waals surface area contributed by atoms with Crippen molar-refractivity contribution in [1.29, 1.82) is 0 Å². The first kappa shape index (κ1) is 21.2. The maximum atomic E-state index is 12.3. The third kappa shape index (κ3) is 6.86. The summed E-state index contributed by atoms with van der Waals surface area (Å²) in [6.07, 6.45) is 7.02. The molecule has 6 heteroatoms. The lowest BCUT2D eigenvalue weighted by molar-refractivity contribution is -0.122. The van der Waals surface area contributed by atoms with Crippen LogP contribution in [-0.4, -0.2) is 37.6 Å². The van der Waals surface area contributed by atoms with Gasteiger partial charge < -0.3 is 21.1 Å². The number of nitrogens with one attached hydrogen (secondary N) is 2. The van der Waals surface area contributed by atoms with E-state index in [0.29, 0.717) is 49.8 Å². The van der Waals surface area contributed by atoms with E-state index in [4.69, 9.17) is 10.5 Å². The summed E-state index contributed by atoms with van der Waals surface area (Å²) in [6, 6.07) is 7.24. The van der Waals surface area contributed by atoms with E-state index >= 15 is 0 Å². The molecular formula is C21H33N3O3. The third-order valence-corrected chi connectivity index (χ3v) is 5.12. The highest BCUT2D eigenvalue weighted by Gasteiger charge is 2.23. The molecule has 0 bridgehead atoms. The largest absolute Gasteiger partial charge is 0.493 e. The number of para-hydroxylation sites is 1. The summed E-state index contributed by atoms with van der Waals surface area (Å²) in [4.78, 5) is 24.5. The first-order chi connectivity index (χ1) is 13.2. The molecule has 1 aliphatic carbocycles. The standard InChI is InChI=1S/C21H33N3O3/c1-2-27-19-12-7-6-11-17(19)21(26)23-14-8-13-20(25)24-18(15-22)16-9-4-3-5-10-16/h6-7,11-12,16,18H,2-5,8-10,13-15,22H2,1H3,(H,23,26)(H,24,25). The predicted molar refractivity (Wildman–Crippen MR) is 107 cm³/mol. The summed E-state index contributed by atoms with van der Waals surface area (Å²) in [7, 11) is 0. The van der Waals surface area contributed by atoms with Crippen LogP contribution in [0.25, 0.3) is 0 Å². The smallest absolute Gasteiger partial charge is 0.255 e. The van der Waals surface area contributed by atoms with E-state index in [1.807, 2.05) is 19.1 Å². The van der Waals surface area contributed by atoms with Crippen LogP contribution in [0.5, 0.6) is 5.75 Å². The van der Waals surface area contributed by atoms with Crippen LogP contribution in [0.1, 0.15) is 62.2 Å². The molecule has 1 aliphatic rings. The summed E-state index contributed by atoms with van der Waals surface area (Å²) in [5, 5.41) is 5.95. The highest BCUT2D eigenvalue weighted by atomic mass is 16.5. The molecule has 1 fully saturated rings. The number of carbonyl (C=O) groups excluding carboxylic acids is 2. The lowest BCUT2D eigenvalue weighted by Crippen LogP contribution is -2.46. The van der Waals surface area contributed by atoms with Crippen molar-refractivity contribution < 1.29 is 14.3 Å². The first-order valence-corrected chi connectivity index (χ1v) is 10.1. The Morgan fingerprint density at radius 1 is 1.22 bits per heavy atom. The van der Waals surface area contributed by atoms with Gasteiger partial charge in [0.05, 0.1) is 12.2 Å². The van der Waals surface area contributed by atoms with Crippen LogP contribution < -0.4 is 21.1 Å². The minimum absolute atomic E-state index is 0.0139. The second kappa shape index (κ2) is 11.6. The molecule has 0 saturated heterocycles. The second-order valence-corrected chi connectivity index (χ2v) is 7.10. The molecule has 1 aromatic carbocycles. The molecule has 0 heterocycles. The van der Waals surface area contributed by atoms with Crippen molar-refractivity contribution in [3.8, 4) is 5.75 Å². The number of hydrogen-bond acceptors (Lipinski definition) is 4. The van der Waals surface area contributed by atoms with Gasteiger partial charge in [-0.2, -0.15) is 0 Å². The Morgan fingerprint density at radius 3 is 2.67 bits per heavy atom. The number of carbonyl (C=O) groups is 2. The molecule has 6 nitrogen and oxygen atoms in total. The Hall–Kier alpha value is -2.08. The third-order valence-electron chi connectivity index (χ3n) is 5.12. The molecule has 4 N–H and O–H groups in total. The molecular weight excluding hydrogens is 342 g/mol. The molecule has 1 atom stereocenters. The summed E-state index contributed by atoms with van der Waals surface area (Å²) in [5.41, 5.74) is 6.38. The molecule has 150 valence electrons. The number of benzene rings is 1. The number of ether oxygens (including phenoxy) is 1. The Bertz CT molecular complexity index is 600. The molecule has 2 amide bonds. The van der Waals surface area contributed by atoms with Crippen LogP contribution in [0.2, 0.25) is 0 Å². The number of amides is 2. The van der Waals surface area contributed by atoms with Crippen molar-refractivity contribution in [3.63, 3.8) is 0 Å². The molecule has 1 saturated carbocycles. The van der Waals surface area contributed by atoms with Gasteiger partial charge in [0.15, 0.2) is 0 Å². The van der Waals surface area contributed by atoms with Crippen LogP contribution >= 0.6 is 0 Å². The molecule has 0 aliphatic heterocycles. The van der Waals surface area contributed by atoms with Crippen LogP contribution in [0.4, 0.5) is 0 Å². The van der Waals surface area contributed by atoms with Crippen molar-refractivity contribution in [3.05, 3.63) is 29.8 Å². The predicted octanol–water partition coefficient (Wildman–Crippen LogP) is 2.62. The summed E-state index contributed by atoms with van der Waals surface area (Å²) < 4.78 is 5.48. The van der Waals surface area contributed by atoms with Gasteiger partial charge in [-0.05, 0) is 44.2 Å². The van der Waals surface area contributed by atoms with E-state index < -0.39 is 0 Å². The number of nitrogens with two attached hydrogens (primary N) is 1. The minimum Gasteiger partial charge on any atom is -0.493 e. The monoisotopic (exact) mass is 375 g/mol. The zero-order valence-electron chi connectivity index (χ0n) is 16.3. The van der Waals surface area contributed by atoms with E-state index in [1.54, 1.807) is 12.1 Å². The quantitative estimate of drug-likeness (QED) is 0.548. The van der Waals surface area contributed by atoms with Crippen LogP contribution in [0, 0.1) is 5.92 Å². The summed E-state index contributed by atoms with van der Waals surface area (Å²) >= 11 is 0. The molecule has 0 spiro atoms. The molecule has 0 aromatic heterocycles. The molecule has 1 unspecified atom stereocenters. The Kier molecular flexibility index (Phi) is 9.11. The van der Waals surface area contributed by atoms with Gasteiger partial charge >= 0.3 is 0 Å². The van der Waals surface area contributed by atoms with Crippen molar-refractivity contribution in [1.82, 2.24) is 10.6 Å². The van der Waals surface area contributed by atoms with E-state index in [2.05, 4.69) is 10.6 Å². The van der Waals surface area contributed by atoms with Gasteiger partial charge in [0.1, 0.15) is 5.75 Å². The average Bonchev–Trinajstić information content (AvgIpc) is 2.70. The fraction of sp³-hybridized carbons (Fsp3) is 0.619. The first-order valence-electron chi connectivity index (χ1n) is 10.1. The van der Waals surface area contributed by atoms with Crippen LogP contribution in [0.3, 0.4) is 0 Å². The highest BCUT2D eigenvalue weighted by molar-refractivity contribution is 5.96. The highest BCUT2D eigenvalue weighted by Crippen LogP contribution is 2.26. The van der Waals surface area contributed by atoms with Gasteiger partial charge in [-0.25, -0.2) is 0 Å². The van der Waals surface area contributed by atoms with E-state index in [9.17, 15) is 9.59 Å². The zero-order valence-corrected chi connectivity index (χ0v) is 16.3. The Morgan fingerprint density at radius 2 is 1.96 bits per heavy atom. The van der Waals surface area contributed by atoms with Gasteiger partial charge in [0.25, 0.3) is 5.91 Å². The van der Waals surface area contributed by atoms with Crippen molar-refractivity contribution in [2.45, 2.75) is 57.9 Å². The van der Waals surface area contributed by atoms with Crippen molar-refractivity contribution in [2.24, 2.45) is 11.7 Å². The average molecular weight is 376 g/mol. The van der Waals surface area contributed by atoms with Gasteiger partial charge in [-0.1, -0.05) is 31.4 Å². The summed E-state index contributed by atoms with van der Waals surface area (Å²) in [6.45, 7) is 3.33. The second-order valence-electron chi connectivity index (χ2n) is 7.10. The fourth-order valence-corrected chi connectivity index (χ4v) is 3.67. The van der Waals surface area contributed by atoms with E-state index in [-0.39, 0.29) is 17.9 Å². The lowest BCUT2D eigenvalue weighted by atomic mass is 9.84. The van der Waals surface area contributed by atoms with Gasteiger partial charge in [-0.3, -0.25) is 9.59 Å². The summed E-state index contributed by atoms with van der Waals surface area (Å²) in [5.74, 6) is 0.914. The van der Waals surface area contributed by atoms with Crippen molar-refractivity contribution >= 4 is 11.8 Å². The Balaban J connectivity index is 1.71. The van der Waals surface area contributed by atoms with E-state index in [0.717, 1.165) is 12.8 Å². The SMILES string of the molecule is CCOc1ccccc1C(=O)NCCCC(=O)NC(CN)C1CCCCC1. The van der Waals surface area contributed by atoms with Crippen LogP contribution in [-0.2, 0) is 4.79 Å². The van der Waals surface area contributed by atoms with E-state index in [1.165, 1.54) is 19.3 Å². The maximum Gasteiger partial charge on any atom is 0.255 e. The van der Waals surface area contributed by atoms with Crippen LogP contribution in [0.15, 0.2) is 24.3 Å². The van der Waals surface area contributed by atoms with Crippen molar-refractivity contribution in [2.75, 3.05) is 19.7 Å².